The molecule has 0 amide bonds. The number of carbonyl (C=O) groups is 1. The van der Waals surface area contributed by atoms with Crippen molar-refractivity contribution in [3.05, 3.63) is 35.9 Å². The second-order valence-corrected chi connectivity index (χ2v) is 6.99. The van der Waals surface area contributed by atoms with Crippen molar-refractivity contribution < 1.29 is 28.5 Å². The second-order valence-electron chi connectivity index (χ2n) is 6.99. The summed E-state index contributed by atoms with van der Waals surface area (Å²) in [6, 6.07) is 9.76. The Bertz CT molecular complexity index is 577. The van der Waals surface area contributed by atoms with Gasteiger partial charge >= 0.3 is 5.97 Å². The van der Waals surface area contributed by atoms with Crippen LogP contribution in [0.1, 0.15) is 51.4 Å². The average Bonchev–Trinajstić information content (AvgIpc) is 2.70. The van der Waals surface area contributed by atoms with Crippen LogP contribution in [0.5, 0.6) is 0 Å². The van der Waals surface area contributed by atoms with Crippen molar-refractivity contribution in [3.8, 4) is 0 Å². The number of fused-ring (bicyclic) bond motifs is 1. The molecule has 3 rings (SSSR count). The first-order valence-electron chi connectivity index (χ1n) is 10.00. The van der Waals surface area contributed by atoms with Crippen LogP contribution >= 0.6 is 0 Å². The van der Waals surface area contributed by atoms with Gasteiger partial charge in [-0.15, -0.1) is 0 Å². The van der Waals surface area contributed by atoms with E-state index in [0.717, 1.165) is 31.2 Å². The highest BCUT2D eigenvalue weighted by molar-refractivity contribution is 5.77. The standard InChI is InChI=1S/C21H30O6/c1-3-5-12-23-18-17-16(26-20(22)19(18)24-13-6-4-2)14-25-21(27-17)15-10-8-7-9-11-15/h7-11,16-19,21H,3-6,12-14H2,1-2H3. The van der Waals surface area contributed by atoms with E-state index >= 15 is 0 Å². The molecule has 5 unspecified atom stereocenters. The van der Waals surface area contributed by atoms with Gasteiger partial charge in [0.1, 0.15) is 12.2 Å². The van der Waals surface area contributed by atoms with Gasteiger partial charge in [-0.3, -0.25) is 0 Å². The Morgan fingerprint density at radius 3 is 2.44 bits per heavy atom. The highest BCUT2D eigenvalue weighted by Crippen LogP contribution is 2.34. The lowest BCUT2D eigenvalue weighted by Crippen LogP contribution is -2.61. The Morgan fingerprint density at radius 1 is 1.04 bits per heavy atom. The molecule has 0 aliphatic carbocycles. The fraction of sp³-hybridized carbons (Fsp3) is 0.667. The molecular formula is C21H30O6. The first-order valence-corrected chi connectivity index (χ1v) is 10.00. The van der Waals surface area contributed by atoms with Crippen molar-refractivity contribution in [1.29, 1.82) is 0 Å². The van der Waals surface area contributed by atoms with E-state index in [1.54, 1.807) is 0 Å². The largest absolute Gasteiger partial charge is 0.455 e. The van der Waals surface area contributed by atoms with Gasteiger partial charge in [0.2, 0.25) is 0 Å². The molecule has 2 saturated heterocycles. The molecule has 6 heteroatoms. The number of ether oxygens (including phenoxy) is 5. The van der Waals surface area contributed by atoms with Crippen molar-refractivity contribution in [2.45, 2.75) is 70.2 Å². The van der Waals surface area contributed by atoms with Crippen molar-refractivity contribution >= 4 is 5.97 Å². The zero-order chi connectivity index (χ0) is 19.1. The number of esters is 1. The average molecular weight is 378 g/mol. The fourth-order valence-corrected chi connectivity index (χ4v) is 3.31. The molecule has 0 spiro atoms. The predicted octanol–water partition coefficient (Wildman–Crippen LogP) is 3.40. The van der Waals surface area contributed by atoms with Crippen LogP contribution in [0.15, 0.2) is 30.3 Å². The van der Waals surface area contributed by atoms with Crippen LogP contribution in [-0.2, 0) is 28.5 Å². The molecular weight excluding hydrogens is 348 g/mol. The molecule has 2 heterocycles. The lowest BCUT2D eigenvalue weighted by atomic mass is 9.98. The van der Waals surface area contributed by atoms with Gasteiger partial charge in [-0.25, -0.2) is 4.79 Å². The summed E-state index contributed by atoms with van der Waals surface area (Å²) < 4.78 is 29.5. The Balaban J connectivity index is 1.74. The molecule has 1 aromatic carbocycles. The first-order chi connectivity index (χ1) is 13.2. The highest BCUT2D eigenvalue weighted by atomic mass is 16.7. The Kier molecular flexibility index (Phi) is 7.64. The van der Waals surface area contributed by atoms with Gasteiger partial charge in [-0.05, 0) is 12.8 Å². The number of carbonyl (C=O) groups excluding carboxylic acids is 1. The van der Waals surface area contributed by atoms with E-state index < -0.39 is 30.7 Å². The molecule has 150 valence electrons. The van der Waals surface area contributed by atoms with E-state index in [-0.39, 0.29) is 12.6 Å². The Labute approximate surface area is 161 Å². The molecule has 5 atom stereocenters. The number of benzene rings is 1. The maximum atomic E-state index is 12.5. The molecule has 2 aliphatic rings. The molecule has 2 fully saturated rings. The zero-order valence-electron chi connectivity index (χ0n) is 16.2. The van der Waals surface area contributed by atoms with E-state index in [4.69, 9.17) is 23.7 Å². The van der Waals surface area contributed by atoms with Gasteiger partial charge in [0, 0.05) is 18.8 Å². The van der Waals surface area contributed by atoms with Crippen LogP contribution in [-0.4, -0.2) is 50.2 Å². The molecule has 2 aliphatic heterocycles. The summed E-state index contributed by atoms with van der Waals surface area (Å²) in [5.41, 5.74) is 0.934. The van der Waals surface area contributed by atoms with Gasteiger partial charge in [0.15, 0.2) is 18.5 Å². The van der Waals surface area contributed by atoms with Crippen LogP contribution in [0, 0.1) is 0 Å². The summed E-state index contributed by atoms with van der Waals surface area (Å²) >= 11 is 0. The molecule has 1 aromatic rings. The van der Waals surface area contributed by atoms with E-state index in [1.165, 1.54) is 0 Å². The van der Waals surface area contributed by atoms with Crippen LogP contribution in [0.2, 0.25) is 0 Å². The number of unbranched alkanes of at least 4 members (excludes halogenated alkanes) is 2. The topological polar surface area (TPSA) is 63.2 Å². The van der Waals surface area contributed by atoms with Crippen LogP contribution < -0.4 is 0 Å². The van der Waals surface area contributed by atoms with E-state index in [0.29, 0.717) is 13.2 Å². The van der Waals surface area contributed by atoms with Gasteiger partial charge in [0.05, 0.1) is 6.61 Å². The zero-order valence-corrected chi connectivity index (χ0v) is 16.2. The van der Waals surface area contributed by atoms with Crippen molar-refractivity contribution in [3.63, 3.8) is 0 Å². The lowest BCUT2D eigenvalue weighted by molar-refractivity contribution is -0.309. The predicted molar refractivity (Wildman–Crippen MR) is 99.2 cm³/mol. The molecule has 0 saturated carbocycles. The Hall–Kier alpha value is -1.47. The summed E-state index contributed by atoms with van der Waals surface area (Å²) in [5.74, 6) is -0.390. The summed E-state index contributed by atoms with van der Waals surface area (Å²) in [6.07, 6.45) is 1.18. The molecule has 0 aromatic heterocycles. The van der Waals surface area contributed by atoms with Crippen molar-refractivity contribution in [2.75, 3.05) is 19.8 Å². The summed E-state index contributed by atoms with van der Waals surface area (Å²) in [7, 11) is 0. The molecule has 0 radical (unpaired) electrons. The maximum absolute atomic E-state index is 12.5. The Morgan fingerprint density at radius 2 is 1.74 bits per heavy atom. The lowest BCUT2D eigenvalue weighted by Gasteiger charge is -2.45. The summed E-state index contributed by atoms with van der Waals surface area (Å²) in [6.45, 7) is 5.53. The smallest absolute Gasteiger partial charge is 0.338 e. The van der Waals surface area contributed by atoms with Gasteiger partial charge in [-0.1, -0.05) is 57.0 Å². The van der Waals surface area contributed by atoms with Gasteiger partial charge < -0.3 is 23.7 Å². The maximum Gasteiger partial charge on any atom is 0.338 e. The molecule has 27 heavy (non-hydrogen) atoms. The highest BCUT2D eigenvalue weighted by Gasteiger charge is 2.51. The van der Waals surface area contributed by atoms with E-state index in [1.807, 2.05) is 30.3 Å². The molecule has 0 bridgehead atoms. The van der Waals surface area contributed by atoms with Crippen molar-refractivity contribution in [1.82, 2.24) is 0 Å². The molecule has 6 nitrogen and oxygen atoms in total. The monoisotopic (exact) mass is 378 g/mol. The fourth-order valence-electron chi connectivity index (χ4n) is 3.31. The van der Waals surface area contributed by atoms with Gasteiger partial charge in [-0.2, -0.15) is 0 Å². The normalized spacial score (nSPS) is 30.6. The summed E-state index contributed by atoms with van der Waals surface area (Å²) in [5, 5.41) is 0. The number of hydrogen-bond acceptors (Lipinski definition) is 6. The van der Waals surface area contributed by atoms with Crippen molar-refractivity contribution in [2.24, 2.45) is 0 Å². The second kappa shape index (κ2) is 10.2. The minimum atomic E-state index is -0.760. The SMILES string of the molecule is CCCCOC1C(=O)OC2COC(c3ccccc3)OC2C1OCCCC. The minimum Gasteiger partial charge on any atom is -0.455 e. The van der Waals surface area contributed by atoms with E-state index in [9.17, 15) is 4.79 Å². The van der Waals surface area contributed by atoms with Crippen LogP contribution in [0.25, 0.3) is 0 Å². The number of hydrogen-bond donors (Lipinski definition) is 0. The molecule has 0 N–H and O–H groups in total. The minimum absolute atomic E-state index is 0.283. The van der Waals surface area contributed by atoms with E-state index in [2.05, 4.69) is 13.8 Å². The number of rotatable bonds is 9. The third-order valence-corrected chi connectivity index (χ3v) is 4.86. The van der Waals surface area contributed by atoms with Gasteiger partial charge in [0.25, 0.3) is 0 Å². The third kappa shape index (κ3) is 5.08. The van der Waals surface area contributed by atoms with Crippen LogP contribution in [0.3, 0.4) is 0 Å². The quantitative estimate of drug-likeness (QED) is 0.485. The first kappa shape index (κ1) is 20.3. The summed E-state index contributed by atoms with van der Waals surface area (Å²) in [4.78, 5) is 12.5. The van der Waals surface area contributed by atoms with Crippen LogP contribution in [0.4, 0.5) is 0 Å². The third-order valence-electron chi connectivity index (χ3n) is 4.86.